The molecule has 1 atom stereocenters. The Balaban J connectivity index is 1.55. The first-order valence-corrected chi connectivity index (χ1v) is 10.1. The standard InChI is InChI=1S/C21H25N7O2/c1-4-9-28-15(3)19(20(25-28)26-12-22-23-13-26)24-21(30)16-10-18(29)27(11-16)17-7-5-14(2)6-8-17/h5-8,12-13,16H,4,9-11H2,1-3H3,(H,24,30)/t16-/m1/s1. The SMILES string of the molecule is CCCn1nc(-n2cnnc2)c(NC(=O)[C@@H]2CC(=O)N(c3ccc(C)cc3)C2)c1C. The van der Waals surface area contributed by atoms with E-state index in [1.807, 2.05) is 42.8 Å². The van der Waals surface area contributed by atoms with Crippen LogP contribution in [0.25, 0.3) is 5.82 Å². The van der Waals surface area contributed by atoms with Gasteiger partial charge in [-0.3, -0.25) is 18.8 Å². The summed E-state index contributed by atoms with van der Waals surface area (Å²) in [5.41, 5.74) is 3.42. The molecule has 0 aliphatic carbocycles. The second kappa shape index (κ2) is 8.10. The van der Waals surface area contributed by atoms with E-state index in [1.54, 1.807) is 22.1 Å². The van der Waals surface area contributed by atoms with Gasteiger partial charge >= 0.3 is 0 Å². The van der Waals surface area contributed by atoms with Crippen molar-refractivity contribution >= 4 is 23.2 Å². The summed E-state index contributed by atoms with van der Waals surface area (Å²) in [6.07, 6.45) is 4.20. The lowest BCUT2D eigenvalue weighted by Gasteiger charge is -2.17. The van der Waals surface area contributed by atoms with Gasteiger partial charge in [0.2, 0.25) is 11.8 Å². The van der Waals surface area contributed by atoms with Crippen LogP contribution in [-0.2, 0) is 16.1 Å². The van der Waals surface area contributed by atoms with Gasteiger partial charge < -0.3 is 10.2 Å². The predicted molar refractivity (Wildman–Crippen MR) is 112 cm³/mol. The lowest BCUT2D eigenvalue weighted by molar-refractivity contribution is -0.122. The zero-order valence-electron chi connectivity index (χ0n) is 17.4. The van der Waals surface area contributed by atoms with Gasteiger partial charge in [0, 0.05) is 25.2 Å². The number of benzene rings is 1. The van der Waals surface area contributed by atoms with Gasteiger partial charge in [-0.15, -0.1) is 10.2 Å². The zero-order valence-corrected chi connectivity index (χ0v) is 17.4. The molecule has 2 amide bonds. The highest BCUT2D eigenvalue weighted by Gasteiger charge is 2.36. The van der Waals surface area contributed by atoms with E-state index in [0.29, 0.717) is 18.1 Å². The van der Waals surface area contributed by atoms with E-state index in [0.717, 1.165) is 29.9 Å². The third-order valence-corrected chi connectivity index (χ3v) is 5.38. The Morgan fingerprint density at radius 2 is 1.87 bits per heavy atom. The lowest BCUT2D eigenvalue weighted by atomic mass is 10.1. The summed E-state index contributed by atoms with van der Waals surface area (Å²) < 4.78 is 3.54. The summed E-state index contributed by atoms with van der Waals surface area (Å²) in [6, 6.07) is 7.76. The van der Waals surface area contributed by atoms with Crippen LogP contribution in [0.2, 0.25) is 0 Å². The Morgan fingerprint density at radius 1 is 1.17 bits per heavy atom. The van der Waals surface area contributed by atoms with Crippen LogP contribution < -0.4 is 10.2 Å². The number of carbonyl (C=O) groups excluding carboxylic acids is 2. The van der Waals surface area contributed by atoms with Gasteiger partial charge in [0.1, 0.15) is 18.3 Å². The van der Waals surface area contributed by atoms with E-state index in [1.165, 1.54) is 0 Å². The molecule has 4 rings (SSSR count). The van der Waals surface area contributed by atoms with Crippen molar-refractivity contribution in [2.75, 3.05) is 16.8 Å². The molecular formula is C21H25N7O2. The lowest BCUT2D eigenvalue weighted by Crippen LogP contribution is -2.28. The Labute approximate surface area is 174 Å². The molecule has 0 spiro atoms. The molecule has 3 aromatic rings. The maximum Gasteiger partial charge on any atom is 0.229 e. The predicted octanol–water partition coefficient (Wildman–Crippen LogP) is 2.48. The summed E-state index contributed by atoms with van der Waals surface area (Å²) in [5, 5.41) is 15.3. The highest BCUT2D eigenvalue weighted by Crippen LogP contribution is 2.29. The van der Waals surface area contributed by atoms with Crippen molar-refractivity contribution in [1.29, 1.82) is 0 Å². The second-order valence-corrected chi connectivity index (χ2v) is 7.61. The molecule has 9 heteroatoms. The molecule has 2 aromatic heterocycles. The van der Waals surface area contributed by atoms with Crippen molar-refractivity contribution < 1.29 is 9.59 Å². The van der Waals surface area contributed by atoms with Gasteiger partial charge in [-0.1, -0.05) is 24.6 Å². The minimum atomic E-state index is -0.429. The number of carbonyl (C=O) groups is 2. The molecule has 1 aliphatic heterocycles. The largest absolute Gasteiger partial charge is 0.321 e. The number of rotatable bonds is 6. The van der Waals surface area contributed by atoms with Crippen molar-refractivity contribution in [3.8, 4) is 5.82 Å². The Morgan fingerprint density at radius 3 is 2.53 bits per heavy atom. The Kier molecular flexibility index (Phi) is 5.35. The molecule has 1 fully saturated rings. The number of anilines is 2. The first-order valence-electron chi connectivity index (χ1n) is 10.1. The number of aryl methyl sites for hydroxylation is 2. The number of hydrogen-bond acceptors (Lipinski definition) is 5. The van der Waals surface area contributed by atoms with Crippen LogP contribution in [0.3, 0.4) is 0 Å². The van der Waals surface area contributed by atoms with Crippen LogP contribution >= 0.6 is 0 Å². The summed E-state index contributed by atoms with van der Waals surface area (Å²) in [4.78, 5) is 27.3. The fourth-order valence-electron chi connectivity index (χ4n) is 3.68. The first-order chi connectivity index (χ1) is 14.5. The van der Waals surface area contributed by atoms with E-state index < -0.39 is 5.92 Å². The van der Waals surface area contributed by atoms with Crippen molar-refractivity contribution in [3.05, 3.63) is 48.2 Å². The van der Waals surface area contributed by atoms with Crippen LogP contribution in [-0.4, -0.2) is 42.9 Å². The highest BCUT2D eigenvalue weighted by molar-refractivity contribution is 6.04. The fourth-order valence-corrected chi connectivity index (χ4v) is 3.68. The van der Waals surface area contributed by atoms with E-state index in [-0.39, 0.29) is 18.2 Å². The van der Waals surface area contributed by atoms with Crippen molar-refractivity contribution in [1.82, 2.24) is 24.5 Å². The topological polar surface area (TPSA) is 97.9 Å². The summed E-state index contributed by atoms with van der Waals surface area (Å²) in [6.45, 7) is 7.09. The van der Waals surface area contributed by atoms with E-state index in [9.17, 15) is 9.59 Å². The molecule has 30 heavy (non-hydrogen) atoms. The Hall–Kier alpha value is -3.49. The van der Waals surface area contributed by atoms with E-state index in [4.69, 9.17) is 0 Å². The smallest absolute Gasteiger partial charge is 0.229 e. The quantitative estimate of drug-likeness (QED) is 0.677. The number of aromatic nitrogens is 5. The normalized spacial score (nSPS) is 16.3. The number of nitrogens with zero attached hydrogens (tertiary/aromatic N) is 6. The average Bonchev–Trinajstić information content (AvgIpc) is 3.45. The molecular weight excluding hydrogens is 382 g/mol. The van der Waals surface area contributed by atoms with Crippen LogP contribution in [0.4, 0.5) is 11.4 Å². The van der Waals surface area contributed by atoms with Gasteiger partial charge in [0.15, 0.2) is 5.82 Å². The molecule has 9 nitrogen and oxygen atoms in total. The third kappa shape index (κ3) is 3.70. The van der Waals surface area contributed by atoms with E-state index in [2.05, 4.69) is 27.5 Å². The molecule has 0 bridgehead atoms. The second-order valence-electron chi connectivity index (χ2n) is 7.61. The molecule has 3 heterocycles. The number of nitrogens with one attached hydrogen (secondary N) is 1. The first kappa shape index (κ1) is 19.8. The monoisotopic (exact) mass is 407 g/mol. The number of hydrogen-bond donors (Lipinski definition) is 1. The molecule has 1 aliphatic rings. The van der Waals surface area contributed by atoms with Crippen molar-refractivity contribution in [2.24, 2.45) is 5.92 Å². The van der Waals surface area contributed by atoms with Gasteiger partial charge in [0.05, 0.1) is 11.6 Å². The maximum absolute atomic E-state index is 13.1. The van der Waals surface area contributed by atoms with Crippen LogP contribution in [0.1, 0.15) is 31.0 Å². The molecule has 1 N–H and O–H groups in total. The summed E-state index contributed by atoms with van der Waals surface area (Å²) >= 11 is 0. The molecule has 0 radical (unpaired) electrons. The molecule has 156 valence electrons. The third-order valence-electron chi connectivity index (χ3n) is 5.38. The van der Waals surface area contributed by atoms with Crippen LogP contribution in [0.5, 0.6) is 0 Å². The number of amides is 2. The van der Waals surface area contributed by atoms with Gasteiger partial charge in [0.25, 0.3) is 0 Å². The highest BCUT2D eigenvalue weighted by atomic mass is 16.2. The van der Waals surface area contributed by atoms with Crippen LogP contribution in [0, 0.1) is 19.8 Å². The molecule has 1 aromatic carbocycles. The average molecular weight is 407 g/mol. The summed E-state index contributed by atoms with van der Waals surface area (Å²) in [7, 11) is 0. The van der Waals surface area contributed by atoms with Gasteiger partial charge in [-0.25, -0.2) is 0 Å². The van der Waals surface area contributed by atoms with Gasteiger partial charge in [-0.05, 0) is 32.4 Å². The minimum absolute atomic E-state index is 0.0450. The van der Waals surface area contributed by atoms with Crippen molar-refractivity contribution in [2.45, 2.75) is 40.2 Å². The zero-order chi connectivity index (χ0) is 21.3. The Bertz CT molecular complexity index is 1050. The maximum atomic E-state index is 13.1. The van der Waals surface area contributed by atoms with Crippen LogP contribution in [0.15, 0.2) is 36.9 Å². The minimum Gasteiger partial charge on any atom is -0.321 e. The fraction of sp³-hybridized carbons (Fsp3) is 0.381. The molecule has 1 saturated heterocycles. The molecule has 0 unspecified atom stereocenters. The van der Waals surface area contributed by atoms with Gasteiger partial charge in [-0.2, -0.15) is 5.10 Å². The van der Waals surface area contributed by atoms with Crippen molar-refractivity contribution in [3.63, 3.8) is 0 Å². The summed E-state index contributed by atoms with van der Waals surface area (Å²) in [5.74, 6) is -0.0941. The van der Waals surface area contributed by atoms with E-state index >= 15 is 0 Å². The molecule has 0 saturated carbocycles.